The first-order valence-corrected chi connectivity index (χ1v) is 9.90. The fourth-order valence-corrected chi connectivity index (χ4v) is 4.65. The van der Waals surface area contributed by atoms with Gasteiger partial charge in [0.15, 0.2) is 0 Å². The third-order valence-corrected chi connectivity index (χ3v) is 6.20. The highest BCUT2D eigenvalue weighted by molar-refractivity contribution is 7.99. The van der Waals surface area contributed by atoms with E-state index in [1.165, 1.54) is 4.31 Å². The van der Waals surface area contributed by atoms with Gasteiger partial charge in [-0.25, -0.2) is 12.7 Å². The van der Waals surface area contributed by atoms with Gasteiger partial charge in [-0.1, -0.05) is 12.1 Å². The van der Waals surface area contributed by atoms with Gasteiger partial charge >= 0.3 is 0 Å². The zero-order valence-electron chi connectivity index (χ0n) is 12.3. The Hall–Kier alpha value is -1.25. The summed E-state index contributed by atoms with van der Waals surface area (Å²) in [4.78, 5) is 11.8. The molecule has 1 heterocycles. The monoisotopic (exact) mass is 343 g/mol. The van der Waals surface area contributed by atoms with Crippen molar-refractivity contribution >= 4 is 33.4 Å². The number of rotatable bonds is 6. The van der Waals surface area contributed by atoms with Gasteiger partial charge < -0.3 is 11.1 Å². The number of anilines is 1. The number of sulfonamides is 1. The van der Waals surface area contributed by atoms with Gasteiger partial charge in [0.2, 0.25) is 15.9 Å². The Labute approximate surface area is 135 Å². The highest BCUT2D eigenvalue weighted by Gasteiger charge is 2.23. The van der Waals surface area contributed by atoms with Crippen molar-refractivity contribution in [2.24, 2.45) is 0 Å². The van der Waals surface area contributed by atoms with E-state index in [0.717, 1.165) is 17.1 Å². The zero-order valence-corrected chi connectivity index (χ0v) is 14.0. The highest BCUT2D eigenvalue weighted by atomic mass is 32.2. The smallest absolute Gasteiger partial charge is 0.224 e. The molecule has 0 atom stereocenters. The summed E-state index contributed by atoms with van der Waals surface area (Å²) in [5.41, 5.74) is 7.08. The number of carbonyl (C=O) groups excluding carboxylic acids is 1. The van der Waals surface area contributed by atoms with Crippen LogP contribution in [-0.2, 0) is 21.2 Å². The van der Waals surface area contributed by atoms with Gasteiger partial charge in [-0.3, -0.25) is 4.79 Å². The van der Waals surface area contributed by atoms with E-state index in [0.29, 0.717) is 18.8 Å². The minimum absolute atomic E-state index is 0.0505. The lowest BCUT2D eigenvalue weighted by Crippen LogP contribution is -2.42. The first-order valence-electron chi connectivity index (χ1n) is 7.14. The molecule has 0 bridgehead atoms. The van der Waals surface area contributed by atoms with Crippen molar-refractivity contribution in [2.75, 3.05) is 42.6 Å². The molecule has 3 N–H and O–H groups in total. The number of hydrogen-bond donors (Lipinski definition) is 2. The van der Waals surface area contributed by atoms with Gasteiger partial charge in [-0.2, -0.15) is 11.8 Å². The summed E-state index contributed by atoms with van der Waals surface area (Å²) in [6.45, 7) is 1.26. The second-order valence-corrected chi connectivity index (χ2v) is 8.41. The van der Waals surface area contributed by atoms with Crippen LogP contribution >= 0.6 is 11.8 Å². The molecule has 1 fully saturated rings. The average Bonchev–Trinajstić information content (AvgIpc) is 2.50. The van der Waals surface area contributed by atoms with E-state index in [4.69, 9.17) is 5.73 Å². The lowest BCUT2D eigenvalue weighted by Gasteiger charge is -2.25. The summed E-state index contributed by atoms with van der Waals surface area (Å²) in [5, 5.41) is 2.66. The van der Waals surface area contributed by atoms with Crippen molar-refractivity contribution in [2.45, 2.75) is 6.42 Å². The molecule has 0 aliphatic carbocycles. The molecule has 0 unspecified atom stereocenters. The summed E-state index contributed by atoms with van der Waals surface area (Å²) in [7, 11) is -3.27. The van der Waals surface area contributed by atoms with Crippen LogP contribution in [0.3, 0.4) is 0 Å². The van der Waals surface area contributed by atoms with E-state index >= 15 is 0 Å². The molecule has 1 aromatic rings. The number of benzene rings is 1. The van der Waals surface area contributed by atoms with Crippen LogP contribution in [0.1, 0.15) is 5.56 Å². The van der Waals surface area contributed by atoms with Crippen LogP contribution in [0.15, 0.2) is 24.3 Å². The molecule has 8 heteroatoms. The molecule has 0 spiro atoms. The zero-order chi connectivity index (χ0) is 16.0. The second-order valence-electron chi connectivity index (χ2n) is 5.10. The molecule has 6 nitrogen and oxygen atoms in total. The molecule has 2 rings (SSSR count). The van der Waals surface area contributed by atoms with Crippen LogP contribution in [0.2, 0.25) is 0 Å². The maximum absolute atomic E-state index is 12.1. The highest BCUT2D eigenvalue weighted by Crippen LogP contribution is 2.13. The molecule has 22 heavy (non-hydrogen) atoms. The Morgan fingerprint density at radius 3 is 2.50 bits per heavy atom. The Kier molecular flexibility index (Phi) is 6.10. The van der Waals surface area contributed by atoms with Crippen molar-refractivity contribution in [1.82, 2.24) is 9.62 Å². The molecular formula is C14H21N3O3S2. The summed E-state index contributed by atoms with van der Waals surface area (Å²) >= 11 is 1.76. The molecule has 0 saturated carbocycles. The Balaban J connectivity index is 1.75. The second kappa shape index (κ2) is 7.85. The normalized spacial score (nSPS) is 16.4. The standard InChI is InChI=1S/C14H21N3O3S2/c15-13-3-1-12(2-4-13)11-14(18)16-5-10-22(19,20)17-6-8-21-9-7-17/h1-4H,5-11,15H2,(H,16,18). The summed E-state index contributed by atoms with van der Waals surface area (Å²) < 4.78 is 25.7. The van der Waals surface area contributed by atoms with Gasteiger partial charge in [-0.15, -0.1) is 0 Å². The van der Waals surface area contributed by atoms with E-state index in [9.17, 15) is 13.2 Å². The van der Waals surface area contributed by atoms with Gasteiger partial charge in [0.05, 0.1) is 12.2 Å². The van der Waals surface area contributed by atoms with Crippen LogP contribution in [0.25, 0.3) is 0 Å². The Bertz CT molecular complexity index is 596. The molecule has 122 valence electrons. The molecule has 1 amide bonds. The number of carbonyl (C=O) groups is 1. The third-order valence-electron chi connectivity index (χ3n) is 3.39. The van der Waals surface area contributed by atoms with Crippen molar-refractivity contribution < 1.29 is 13.2 Å². The Morgan fingerprint density at radius 1 is 1.23 bits per heavy atom. The van der Waals surface area contributed by atoms with Gasteiger partial charge in [0.1, 0.15) is 0 Å². The van der Waals surface area contributed by atoms with Crippen molar-refractivity contribution in [3.05, 3.63) is 29.8 Å². The number of hydrogen-bond acceptors (Lipinski definition) is 5. The van der Waals surface area contributed by atoms with Crippen LogP contribution in [0, 0.1) is 0 Å². The number of nitrogens with two attached hydrogens (primary N) is 1. The first-order chi connectivity index (χ1) is 10.5. The van der Waals surface area contributed by atoms with E-state index in [2.05, 4.69) is 5.32 Å². The van der Waals surface area contributed by atoms with Gasteiger partial charge in [-0.05, 0) is 17.7 Å². The number of nitrogens with zero attached hydrogens (tertiary/aromatic N) is 1. The molecule has 0 aromatic heterocycles. The fraction of sp³-hybridized carbons (Fsp3) is 0.500. The molecular weight excluding hydrogens is 322 g/mol. The molecule has 1 aliphatic rings. The van der Waals surface area contributed by atoms with E-state index < -0.39 is 10.0 Å². The topological polar surface area (TPSA) is 92.5 Å². The fourth-order valence-electron chi connectivity index (χ4n) is 2.16. The van der Waals surface area contributed by atoms with E-state index in [-0.39, 0.29) is 24.6 Å². The van der Waals surface area contributed by atoms with Crippen molar-refractivity contribution in [1.29, 1.82) is 0 Å². The summed E-state index contributed by atoms with van der Waals surface area (Å²) in [6, 6.07) is 7.05. The average molecular weight is 343 g/mol. The molecule has 0 radical (unpaired) electrons. The number of amides is 1. The lowest BCUT2D eigenvalue weighted by molar-refractivity contribution is -0.120. The predicted molar refractivity (Wildman–Crippen MR) is 90.3 cm³/mol. The van der Waals surface area contributed by atoms with Crippen molar-refractivity contribution in [3.8, 4) is 0 Å². The number of nitrogens with one attached hydrogen (secondary N) is 1. The summed E-state index contributed by atoms with van der Waals surface area (Å²) in [5.74, 6) is 1.44. The third kappa shape index (κ3) is 5.19. The van der Waals surface area contributed by atoms with Crippen LogP contribution < -0.4 is 11.1 Å². The Morgan fingerprint density at radius 2 is 1.86 bits per heavy atom. The maximum atomic E-state index is 12.1. The minimum Gasteiger partial charge on any atom is -0.399 e. The van der Waals surface area contributed by atoms with Gasteiger partial charge in [0.25, 0.3) is 0 Å². The van der Waals surface area contributed by atoms with Crippen LogP contribution in [-0.4, -0.2) is 55.5 Å². The largest absolute Gasteiger partial charge is 0.399 e. The predicted octanol–water partition coefficient (Wildman–Crippen LogP) is 0.306. The maximum Gasteiger partial charge on any atom is 0.224 e. The SMILES string of the molecule is Nc1ccc(CC(=O)NCCS(=O)(=O)N2CCSCC2)cc1. The van der Waals surface area contributed by atoms with Gasteiger partial charge in [0, 0.05) is 36.8 Å². The first kappa shape index (κ1) is 17.1. The summed E-state index contributed by atoms with van der Waals surface area (Å²) in [6.07, 6.45) is 0.223. The van der Waals surface area contributed by atoms with Crippen molar-refractivity contribution in [3.63, 3.8) is 0 Å². The van der Waals surface area contributed by atoms with E-state index in [1.54, 1.807) is 36.0 Å². The van der Waals surface area contributed by atoms with Crippen LogP contribution in [0.5, 0.6) is 0 Å². The van der Waals surface area contributed by atoms with E-state index in [1.807, 2.05) is 0 Å². The molecule has 1 saturated heterocycles. The minimum atomic E-state index is -3.27. The molecule has 1 aliphatic heterocycles. The quantitative estimate of drug-likeness (QED) is 0.725. The lowest BCUT2D eigenvalue weighted by atomic mass is 10.1. The molecule has 1 aromatic carbocycles. The number of thioether (sulfide) groups is 1. The number of nitrogen functional groups attached to an aromatic ring is 1. The van der Waals surface area contributed by atoms with Crippen LogP contribution in [0.4, 0.5) is 5.69 Å².